The fraction of sp³-hybridized carbons (Fsp3) is 0.368. The normalized spacial score (nSPS) is 18.2. The molecule has 6 heteroatoms. The van der Waals surface area contributed by atoms with Gasteiger partial charge in [-0.1, -0.05) is 30.3 Å². The number of rotatable bonds is 6. The maximum absolute atomic E-state index is 13.3. The third kappa shape index (κ3) is 4.21. The average Bonchev–Trinajstić information content (AvgIpc) is 2.67. The van der Waals surface area contributed by atoms with E-state index in [4.69, 9.17) is 4.74 Å². The monoisotopic (exact) mass is 360 g/mol. The molecule has 0 radical (unpaired) electrons. The third-order valence-corrected chi connectivity index (χ3v) is 6.44. The van der Waals surface area contributed by atoms with E-state index in [0.717, 1.165) is 24.9 Å². The van der Waals surface area contributed by atoms with E-state index in [-0.39, 0.29) is 6.04 Å². The number of nitrogens with zero attached hydrogens (tertiary/aromatic N) is 1. The van der Waals surface area contributed by atoms with Gasteiger partial charge in [0.05, 0.1) is 12.0 Å². The summed E-state index contributed by atoms with van der Waals surface area (Å²) < 4.78 is 33.4. The minimum Gasteiger partial charge on any atom is -0.497 e. The van der Waals surface area contributed by atoms with Crippen molar-refractivity contribution >= 4 is 10.0 Å². The summed E-state index contributed by atoms with van der Waals surface area (Å²) in [4.78, 5) is 0.301. The molecule has 1 unspecified atom stereocenters. The van der Waals surface area contributed by atoms with E-state index >= 15 is 0 Å². The van der Waals surface area contributed by atoms with Crippen molar-refractivity contribution in [3.8, 4) is 5.75 Å². The van der Waals surface area contributed by atoms with Crippen LogP contribution in [0.15, 0.2) is 59.5 Å². The summed E-state index contributed by atoms with van der Waals surface area (Å²) in [7, 11) is -2.02. The maximum Gasteiger partial charge on any atom is 0.243 e. The van der Waals surface area contributed by atoms with Crippen LogP contribution in [-0.4, -0.2) is 39.0 Å². The molecule has 2 aromatic carbocycles. The van der Waals surface area contributed by atoms with E-state index in [0.29, 0.717) is 23.7 Å². The van der Waals surface area contributed by atoms with Crippen molar-refractivity contribution < 1.29 is 13.2 Å². The standard InChI is InChI=1S/C19H24N2O3S/c1-24-18-9-11-19(12-10-18)25(22,23)21(17-8-5-13-20-14-17)15-16-6-3-2-4-7-16/h2-4,6-7,9-12,17,20H,5,8,13-15H2,1H3. The SMILES string of the molecule is COc1ccc(S(=O)(=O)N(Cc2ccccc2)C2CCCNC2)cc1. The lowest BCUT2D eigenvalue weighted by Crippen LogP contribution is -2.48. The van der Waals surface area contributed by atoms with Gasteiger partial charge in [0.15, 0.2) is 0 Å². The number of ether oxygens (including phenoxy) is 1. The number of sulfonamides is 1. The molecule has 0 aliphatic carbocycles. The maximum atomic E-state index is 13.3. The Morgan fingerprint density at radius 3 is 2.44 bits per heavy atom. The van der Waals surface area contributed by atoms with Gasteiger partial charge in [0, 0.05) is 19.1 Å². The van der Waals surface area contributed by atoms with Crippen LogP contribution in [0.3, 0.4) is 0 Å². The van der Waals surface area contributed by atoms with Crippen molar-refractivity contribution in [1.29, 1.82) is 0 Å². The molecule has 0 bridgehead atoms. The third-order valence-electron chi connectivity index (χ3n) is 4.53. The molecule has 5 nitrogen and oxygen atoms in total. The Labute approximate surface area is 149 Å². The van der Waals surface area contributed by atoms with Gasteiger partial charge < -0.3 is 10.1 Å². The Balaban J connectivity index is 1.93. The Bertz CT molecular complexity index is 770. The van der Waals surface area contributed by atoms with Crippen LogP contribution in [0.5, 0.6) is 5.75 Å². The molecule has 1 fully saturated rings. The quantitative estimate of drug-likeness (QED) is 0.860. The van der Waals surface area contributed by atoms with Crippen molar-refractivity contribution in [2.45, 2.75) is 30.3 Å². The van der Waals surface area contributed by atoms with Crippen molar-refractivity contribution in [3.05, 3.63) is 60.2 Å². The number of hydrogen-bond donors (Lipinski definition) is 1. The van der Waals surface area contributed by atoms with Crippen LogP contribution < -0.4 is 10.1 Å². The summed E-state index contributed by atoms with van der Waals surface area (Å²) >= 11 is 0. The van der Waals surface area contributed by atoms with Gasteiger partial charge in [0.25, 0.3) is 0 Å². The molecule has 134 valence electrons. The van der Waals surface area contributed by atoms with Gasteiger partial charge >= 0.3 is 0 Å². The Kier molecular flexibility index (Phi) is 5.73. The minimum atomic E-state index is -3.59. The van der Waals surface area contributed by atoms with Crippen LogP contribution in [0.25, 0.3) is 0 Å². The second-order valence-corrected chi connectivity index (χ2v) is 8.10. The molecule has 3 rings (SSSR count). The molecule has 1 saturated heterocycles. The van der Waals surface area contributed by atoms with Crippen molar-refractivity contribution in [3.63, 3.8) is 0 Å². The van der Waals surface area contributed by atoms with Crippen molar-refractivity contribution in [2.75, 3.05) is 20.2 Å². The first-order chi connectivity index (χ1) is 12.1. The van der Waals surface area contributed by atoms with E-state index in [1.165, 1.54) is 0 Å². The average molecular weight is 360 g/mol. The fourth-order valence-corrected chi connectivity index (χ4v) is 4.78. The molecular formula is C19H24N2O3S. The second kappa shape index (κ2) is 7.99. The summed E-state index contributed by atoms with van der Waals surface area (Å²) in [6, 6.07) is 16.3. The zero-order valence-corrected chi connectivity index (χ0v) is 15.2. The molecule has 0 spiro atoms. The molecular weight excluding hydrogens is 336 g/mol. The van der Waals surface area contributed by atoms with Crippen LogP contribution in [0.1, 0.15) is 18.4 Å². The lowest BCUT2D eigenvalue weighted by atomic mass is 10.1. The molecule has 1 N–H and O–H groups in total. The number of methoxy groups -OCH3 is 1. The zero-order chi connectivity index (χ0) is 17.7. The number of hydrogen-bond acceptors (Lipinski definition) is 4. The summed E-state index contributed by atoms with van der Waals surface area (Å²) in [6.07, 6.45) is 1.85. The van der Waals surface area contributed by atoms with Crippen LogP contribution in [0.2, 0.25) is 0 Å². The lowest BCUT2D eigenvalue weighted by molar-refractivity contribution is 0.260. The van der Waals surface area contributed by atoms with Gasteiger partial charge in [-0.3, -0.25) is 0 Å². The molecule has 1 aliphatic rings. The fourth-order valence-electron chi connectivity index (χ4n) is 3.14. The van der Waals surface area contributed by atoms with Gasteiger partial charge in [-0.25, -0.2) is 8.42 Å². The van der Waals surface area contributed by atoms with E-state index in [1.54, 1.807) is 35.7 Å². The van der Waals surface area contributed by atoms with E-state index in [9.17, 15) is 8.42 Å². The largest absolute Gasteiger partial charge is 0.497 e. The summed E-state index contributed by atoms with van der Waals surface area (Å²) in [5, 5.41) is 3.32. The summed E-state index contributed by atoms with van der Waals surface area (Å²) in [6.45, 7) is 2.00. The van der Waals surface area contributed by atoms with Gasteiger partial charge in [0.1, 0.15) is 5.75 Å². The Hall–Kier alpha value is -1.89. The van der Waals surface area contributed by atoms with Gasteiger partial charge in [0.2, 0.25) is 10.0 Å². The van der Waals surface area contributed by atoms with E-state index in [2.05, 4.69) is 5.32 Å². The van der Waals surface area contributed by atoms with Crippen LogP contribution >= 0.6 is 0 Å². The van der Waals surface area contributed by atoms with Gasteiger partial charge in [-0.05, 0) is 49.2 Å². The molecule has 1 heterocycles. The molecule has 0 amide bonds. The summed E-state index contributed by atoms with van der Waals surface area (Å²) in [5.41, 5.74) is 0.991. The predicted octanol–water partition coefficient (Wildman–Crippen LogP) is 2.64. The zero-order valence-electron chi connectivity index (χ0n) is 14.4. The number of benzene rings is 2. The second-order valence-electron chi connectivity index (χ2n) is 6.21. The topological polar surface area (TPSA) is 58.6 Å². The highest BCUT2D eigenvalue weighted by molar-refractivity contribution is 7.89. The highest BCUT2D eigenvalue weighted by Gasteiger charge is 2.32. The van der Waals surface area contributed by atoms with Gasteiger partial charge in [-0.15, -0.1) is 0 Å². The summed E-state index contributed by atoms with van der Waals surface area (Å²) in [5.74, 6) is 0.646. The Morgan fingerprint density at radius 2 is 1.84 bits per heavy atom. The molecule has 1 aliphatic heterocycles. The van der Waals surface area contributed by atoms with E-state index < -0.39 is 10.0 Å². The highest BCUT2D eigenvalue weighted by atomic mass is 32.2. The Morgan fingerprint density at radius 1 is 1.12 bits per heavy atom. The van der Waals surface area contributed by atoms with Crippen LogP contribution in [0.4, 0.5) is 0 Å². The number of piperidine rings is 1. The molecule has 0 saturated carbocycles. The van der Waals surface area contributed by atoms with Crippen LogP contribution in [-0.2, 0) is 16.6 Å². The molecule has 0 aromatic heterocycles. The van der Waals surface area contributed by atoms with Crippen molar-refractivity contribution in [2.24, 2.45) is 0 Å². The number of nitrogens with one attached hydrogen (secondary N) is 1. The molecule has 2 aromatic rings. The van der Waals surface area contributed by atoms with Crippen LogP contribution in [0, 0.1) is 0 Å². The first kappa shape index (κ1) is 17.9. The first-order valence-electron chi connectivity index (χ1n) is 8.52. The predicted molar refractivity (Wildman–Crippen MR) is 98.1 cm³/mol. The van der Waals surface area contributed by atoms with Crippen molar-refractivity contribution in [1.82, 2.24) is 9.62 Å². The van der Waals surface area contributed by atoms with E-state index in [1.807, 2.05) is 30.3 Å². The highest BCUT2D eigenvalue weighted by Crippen LogP contribution is 2.25. The molecule has 25 heavy (non-hydrogen) atoms. The lowest BCUT2D eigenvalue weighted by Gasteiger charge is -2.34. The minimum absolute atomic E-state index is 0.0407. The van der Waals surface area contributed by atoms with Gasteiger partial charge in [-0.2, -0.15) is 4.31 Å². The first-order valence-corrected chi connectivity index (χ1v) is 9.96. The smallest absolute Gasteiger partial charge is 0.243 e. The molecule has 1 atom stereocenters.